The van der Waals surface area contributed by atoms with Crippen LogP contribution >= 0.6 is 11.6 Å². The van der Waals surface area contributed by atoms with E-state index in [0.717, 1.165) is 34.9 Å². The molecule has 0 bridgehead atoms. The number of anilines is 1. The SMILES string of the molecule is CCN1C(=O)Cc2ccccc2[C@H]1C(=O)N1CCN(c2ccccc2Cl)CC1. The number of fused-ring (bicyclic) bond motifs is 1. The zero-order valence-corrected chi connectivity index (χ0v) is 16.7. The first-order chi connectivity index (χ1) is 13.6. The summed E-state index contributed by atoms with van der Waals surface area (Å²) in [6.07, 6.45) is 0.369. The molecule has 2 heterocycles. The van der Waals surface area contributed by atoms with E-state index in [4.69, 9.17) is 11.6 Å². The third-order valence-electron chi connectivity index (χ3n) is 5.68. The van der Waals surface area contributed by atoms with Crippen LogP contribution < -0.4 is 4.90 Å². The Labute approximate surface area is 170 Å². The summed E-state index contributed by atoms with van der Waals surface area (Å²) in [4.78, 5) is 31.8. The number of carbonyl (C=O) groups excluding carboxylic acids is 2. The van der Waals surface area contributed by atoms with E-state index in [1.54, 1.807) is 4.90 Å². The van der Waals surface area contributed by atoms with Gasteiger partial charge in [0.15, 0.2) is 0 Å². The molecular formula is C22H24ClN3O2. The van der Waals surface area contributed by atoms with E-state index >= 15 is 0 Å². The van der Waals surface area contributed by atoms with Crippen molar-refractivity contribution >= 4 is 29.1 Å². The van der Waals surface area contributed by atoms with Gasteiger partial charge in [-0.3, -0.25) is 9.59 Å². The highest BCUT2D eigenvalue weighted by molar-refractivity contribution is 6.33. The van der Waals surface area contributed by atoms with Crippen molar-refractivity contribution in [3.05, 3.63) is 64.7 Å². The Morgan fingerprint density at radius 3 is 2.43 bits per heavy atom. The molecule has 146 valence electrons. The predicted molar refractivity (Wildman–Crippen MR) is 111 cm³/mol. The van der Waals surface area contributed by atoms with Crippen molar-refractivity contribution in [2.45, 2.75) is 19.4 Å². The van der Waals surface area contributed by atoms with Crippen molar-refractivity contribution in [1.82, 2.24) is 9.80 Å². The van der Waals surface area contributed by atoms with Crippen LogP contribution in [0.1, 0.15) is 24.1 Å². The van der Waals surface area contributed by atoms with Crippen molar-refractivity contribution in [3.63, 3.8) is 0 Å². The molecule has 2 aromatic carbocycles. The second-order valence-electron chi connectivity index (χ2n) is 7.22. The summed E-state index contributed by atoms with van der Waals surface area (Å²) in [5.74, 6) is 0.0374. The van der Waals surface area contributed by atoms with Crippen molar-refractivity contribution in [2.24, 2.45) is 0 Å². The van der Waals surface area contributed by atoms with Crippen molar-refractivity contribution in [2.75, 3.05) is 37.6 Å². The first-order valence-electron chi connectivity index (χ1n) is 9.75. The maximum atomic E-state index is 13.4. The number of likely N-dealkylation sites (N-methyl/N-ethyl adjacent to an activating group) is 1. The van der Waals surface area contributed by atoms with Crippen LogP contribution in [0.3, 0.4) is 0 Å². The minimum Gasteiger partial charge on any atom is -0.367 e. The molecule has 2 amide bonds. The zero-order valence-electron chi connectivity index (χ0n) is 16.0. The van der Waals surface area contributed by atoms with Gasteiger partial charge in [-0.1, -0.05) is 48.0 Å². The molecule has 28 heavy (non-hydrogen) atoms. The minimum absolute atomic E-state index is 0.0150. The van der Waals surface area contributed by atoms with E-state index in [-0.39, 0.29) is 11.8 Å². The summed E-state index contributed by atoms with van der Waals surface area (Å²) < 4.78 is 0. The number of halogens is 1. The summed E-state index contributed by atoms with van der Waals surface area (Å²) in [6, 6.07) is 15.1. The average molecular weight is 398 g/mol. The largest absolute Gasteiger partial charge is 0.367 e. The fraction of sp³-hybridized carbons (Fsp3) is 0.364. The molecule has 0 spiro atoms. The van der Waals surface area contributed by atoms with Crippen LogP contribution in [0.15, 0.2) is 48.5 Å². The van der Waals surface area contributed by atoms with Gasteiger partial charge in [0.05, 0.1) is 17.1 Å². The molecule has 2 aromatic rings. The number of amides is 2. The number of carbonyl (C=O) groups is 2. The normalized spacial score (nSPS) is 19.6. The van der Waals surface area contributed by atoms with Crippen LogP contribution in [-0.4, -0.2) is 54.3 Å². The first kappa shape index (κ1) is 18.8. The molecule has 0 unspecified atom stereocenters. The van der Waals surface area contributed by atoms with Crippen LogP contribution in [-0.2, 0) is 16.0 Å². The summed E-state index contributed by atoms with van der Waals surface area (Å²) >= 11 is 6.32. The van der Waals surface area contributed by atoms with E-state index in [0.29, 0.717) is 26.1 Å². The van der Waals surface area contributed by atoms with E-state index < -0.39 is 6.04 Å². The first-order valence-corrected chi connectivity index (χ1v) is 10.1. The average Bonchev–Trinajstić information content (AvgIpc) is 2.73. The molecule has 1 fully saturated rings. The molecular weight excluding hydrogens is 374 g/mol. The summed E-state index contributed by atoms with van der Waals surface area (Å²) in [5, 5.41) is 0.728. The quantitative estimate of drug-likeness (QED) is 0.799. The molecule has 1 saturated heterocycles. The Morgan fingerprint density at radius 1 is 1.04 bits per heavy atom. The van der Waals surface area contributed by atoms with Crippen molar-refractivity contribution in [3.8, 4) is 0 Å². The van der Waals surface area contributed by atoms with E-state index in [2.05, 4.69) is 4.90 Å². The van der Waals surface area contributed by atoms with E-state index in [1.807, 2.05) is 60.4 Å². The number of rotatable bonds is 3. The Morgan fingerprint density at radius 2 is 1.71 bits per heavy atom. The van der Waals surface area contributed by atoms with Gasteiger partial charge in [0, 0.05) is 32.7 Å². The van der Waals surface area contributed by atoms with Crippen LogP contribution in [0.25, 0.3) is 0 Å². The Kier molecular flexibility index (Phi) is 5.27. The van der Waals surface area contributed by atoms with Crippen LogP contribution in [0.2, 0.25) is 5.02 Å². The molecule has 4 rings (SSSR count). The Bertz CT molecular complexity index is 893. The van der Waals surface area contributed by atoms with Gasteiger partial charge in [0.2, 0.25) is 11.8 Å². The molecule has 2 aliphatic rings. The van der Waals surface area contributed by atoms with Crippen LogP contribution in [0.5, 0.6) is 0 Å². The molecule has 5 nitrogen and oxygen atoms in total. The predicted octanol–water partition coefficient (Wildman–Crippen LogP) is 3.13. The maximum Gasteiger partial charge on any atom is 0.250 e. The van der Waals surface area contributed by atoms with Crippen LogP contribution in [0, 0.1) is 0 Å². The molecule has 6 heteroatoms. The van der Waals surface area contributed by atoms with Crippen molar-refractivity contribution in [1.29, 1.82) is 0 Å². The maximum absolute atomic E-state index is 13.4. The lowest BCUT2D eigenvalue weighted by atomic mass is 9.91. The second-order valence-corrected chi connectivity index (χ2v) is 7.63. The summed E-state index contributed by atoms with van der Waals surface area (Å²) in [7, 11) is 0. The number of hydrogen-bond donors (Lipinski definition) is 0. The van der Waals surface area contributed by atoms with E-state index in [1.165, 1.54) is 0 Å². The fourth-order valence-corrected chi connectivity index (χ4v) is 4.47. The number of hydrogen-bond acceptors (Lipinski definition) is 3. The number of nitrogens with zero attached hydrogens (tertiary/aromatic N) is 3. The molecule has 1 atom stereocenters. The topological polar surface area (TPSA) is 43.9 Å². The standard InChI is InChI=1S/C22H24ClN3O2/c1-2-26-20(27)15-16-7-3-4-8-17(16)21(26)22(28)25-13-11-24(12-14-25)19-10-6-5-9-18(19)23/h3-10,21H,2,11-15H2,1H3/t21-/m0/s1. The van der Waals surface area contributed by atoms with Gasteiger partial charge in [-0.2, -0.15) is 0 Å². The zero-order chi connectivity index (χ0) is 19.7. The van der Waals surface area contributed by atoms with Gasteiger partial charge in [-0.25, -0.2) is 0 Å². The molecule has 0 aliphatic carbocycles. The number of para-hydroxylation sites is 1. The highest BCUT2D eigenvalue weighted by Crippen LogP contribution is 2.33. The van der Waals surface area contributed by atoms with Crippen LogP contribution in [0.4, 0.5) is 5.69 Å². The van der Waals surface area contributed by atoms with Gasteiger partial charge in [0.1, 0.15) is 6.04 Å². The van der Waals surface area contributed by atoms with Gasteiger partial charge in [-0.15, -0.1) is 0 Å². The molecule has 0 saturated carbocycles. The fourth-order valence-electron chi connectivity index (χ4n) is 4.21. The summed E-state index contributed by atoms with van der Waals surface area (Å²) in [6.45, 7) is 5.15. The van der Waals surface area contributed by atoms with Gasteiger partial charge < -0.3 is 14.7 Å². The third kappa shape index (κ3) is 3.35. The minimum atomic E-state index is -0.519. The lowest BCUT2D eigenvalue weighted by molar-refractivity contribution is -0.147. The third-order valence-corrected chi connectivity index (χ3v) is 6.00. The molecule has 2 aliphatic heterocycles. The summed E-state index contributed by atoms with van der Waals surface area (Å²) in [5.41, 5.74) is 2.93. The van der Waals surface area contributed by atoms with E-state index in [9.17, 15) is 9.59 Å². The van der Waals surface area contributed by atoms with Crippen molar-refractivity contribution < 1.29 is 9.59 Å². The highest BCUT2D eigenvalue weighted by Gasteiger charge is 2.39. The molecule has 0 radical (unpaired) electrons. The lowest BCUT2D eigenvalue weighted by Gasteiger charge is -2.41. The smallest absolute Gasteiger partial charge is 0.250 e. The Hall–Kier alpha value is -2.53. The number of benzene rings is 2. The monoisotopic (exact) mass is 397 g/mol. The lowest BCUT2D eigenvalue weighted by Crippen LogP contribution is -2.54. The number of piperazine rings is 1. The highest BCUT2D eigenvalue weighted by atomic mass is 35.5. The molecule has 0 N–H and O–H groups in total. The van der Waals surface area contributed by atoms with Gasteiger partial charge >= 0.3 is 0 Å². The van der Waals surface area contributed by atoms with Gasteiger partial charge in [0.25, 0.3) is 0 Å². The second kappa shape index (κ2) is 7.84. The van der Waals surface area contributed by atoms with Gasteiger partial charge in [-0.05, 0) is 30.2 Å². The molecule has 0 aromatic heterocycles. The Balaban J connectivity index is 1.53.